The van der Waals surface area contributed by atoms with Gasteiger partial charge in [0.05, 0.1) is 42.4 Å². The van der Waals surface area contributed by atoms with Crippen LogP contribution in [-0.2, 0) is 23.8 Å². The Kier molecular flexibility index (Phi) is 8.71. The van der Waals surface area contributed by atoms with Gasteiger partial charge in [-0.05, 0) is 59.3 Å². The molecule has 7 heteroatoms. The molecule has 2 N–H and O–H groups in total. The molecule has 2 aliphatic heterocycles. The summed E-state index contributed by atoms with van der Waals surface area (Å²) < 4.78 is 17.4. The number of aliphatic hydroxyl groups excluding tert-OH is 1. The van der Waals surface area contributed by atoms with Crippen LogP contribution in [0.1, 0.15) is 72.6 Å². The van der Waals surface area contributed by atoms with Gasteiger partial charge in [-0.3, -0.25) is 9.59 Å². The molecule has 0 aromatic carbocycles. The molecule has 2 heterocycles. The van der Waals surface area contributed by atoms with Crippen LogP contribution in [-0.4, -0.2) is 58.8 Å². The Morgan fingerprint density at radius 1 is 0.964 bits per heavy atom. The highest BCUT2D eigenvalue weighted by atomic mass is 16.6. The molecule has 2 fully saturated rings. The van der Waals surface area contributed by atoms with Gasteiger partial charge in [0.15, 0.2) is 0 Å². The van der Waals surface area contributed by atoms with Crippen molar-refractivity contribution in [1.82, 2.24) is 0 Å². The van der Waals surface area contributed by atoms with Gasteiger partial charge in [0.2, 0.25) is 0 Å². The van der Waals surface area contributed by atoms with E-state index in [0.717, 1.165) is 25.7 Å². The third-order valence-corrected chi connectivity index (χ3v) is 6.08. The van der Waals surface area contributed by atoms with Crippen LogP contribution < -0.4 is 0 Å². The standard InChI is InChI=1S/C21H36O7/c1-5-15(22)11-17-7-9-19(28-17)14(4)21(25)26-12(2)10-16-6-8-18(27-16)13(3)20(23)24/h12-19,22H,5-11H2,1-4H3,(H,23,24)/t12-,13-,14+,15+,16+,17+,18-,19-/m1/s1. The van der Waals surface area contributed by atoms with Crippen molar-refractivity contribution in [2.24, 2.45) is 11.8 Å². The monoisotopic (exact) mass is 400 g/mol. The molecule has 2 aliphatic rings. The highest BCUT2D eigenvalue weighted by Crippen LogP contribution is 2.31. The van der Waals surface area contributed by atoms with Crippen molar-refractivity contribution in [3.8, 4) is 0 Å². The van der Waals surface area contributed by atoms with E-state index < -0.39 is 11.9 Å². The second-order valence-electron chi connectivity index (χ2n) is 8.44. The van der Waals surface area contributed by atoms with Crippen LogP contribution in [0.4, 0.5) is 0 Å². The zero-order valence-electron chi connectivity index (χ0n) is 17.5. The van der Waals surface area contributed by atoms with Crippen molar-refractivity contribution in [1.29, 1.82) is 0 Å². The number of carboxylic acids is 1. The van der Waals surface area contributed by atoms with Crippen LogP contribution in [0.5, 0.6) is 0 Å². The normalized spacial score (nSPS) is 31.9. The molecule has 7 nitrogen and oxygen atoms in total. The van der Waals surface area contributed by atoms with Gasteiger partial charge in [0.25, 0.3) is 0 Å². The largest absolute Gasteiger partial charge is 0.481 e. The van der Waals surface area contributed by atoms with Gasteiger partial charge in [-0.15, -0.1) is 0 Å². The molecule has 0 bridgehead atoms. The minimum Gasteiger partial charge on any atom is -0.481 e. The third kappa shape index (κ3) is 6.42. The van der Waals surface area contributed by atoms with Crippen molar-refractivity contribution < 1.29 is 34.0 Å². The van der Waals surface area contributed by atoms with Crippen LogP contribution in [0.3, 0.4) is 0 Å². The van der Waals surface area contributed by atoms with Crippen LogP contribution in [0.2, 0.25) is 0 Å². The number of carbonyl (C=O) groups excluding carboxylic acids is 1. The Morgan fingerprint density at radius 2 is 1.50 bits per heavy atom. The number of ether oxygens (including phenoxy) is 3. The predicted molar refractivity (Wildman–Crippen MR) is 103 cm³/mol. The first kappa shape index (κ1) is 23.1. The molecule has 0 aromatic rings. The van der Waals surface area contributed by atoms with E-state index in [2.05, 4.69) is 0 Å². The molecule has 162 valence electrons. The van der Waals surface area contributed by atoms with Gasteiger partial charge in [0, 0.05) is 6.42 Å². The summed E-state index contributed by atoms with van der Waals surface area (Å²) in [6.45, 7) is 7.28. The van der Waals surface area contributed by atoms with E-state index in [0.29, 0.717) is 19.3 Å². The smallest absolute Gasteiger partial charge is 0.311 e. The van der Waals surface area contributed by atoms with E-state index in [-0.39, 0.29) is 48.5 Å². The van der Waals surface area contributed by atoms with Gasteiger partial charge in [-0.1, -0.05) is 6.92 Å². The first-order chi connectivity index (χ1) is 13.2. The molecule has 0 unspecified atom stereocenters. The molecule has 28 heavy (non-hydrogen) atoms. The molecule has 0 saturated carbocycles. The lowest BCUT2D eigenvalue weighted by atomic mass is 10.0. The lowest BCUT2D eigenvalue weighted by Gasteiger charge is -2.23. The first-order valence-electron chi connectivity index (χ1n) is 10.6. The van der Waals surface area contributed by atoms with Crippen LogP contribution in [0.25, 0.3) is 0 Å². The molecule has 2 rings (SSSR count). The number of aliphatic carboxylic acids is 1. The summed E-state index contributed by atoms with van der Waals surface area (Å²) in [6, 6.07) is 0. The summed E-state index contributed by atoms with van der Waals surface area (Å²) in [4.78, 5) is 23.6. The van der Waals surface area contributed by atoms with Crippen LogP contribution >= 0.6 is 0 Å². The minimum absolute atomic E-state index is 0.00710. The van der Waals surface area contributed by atoms with Gasteiger partial charge in [-0.2, -0.15) is 0 Å². The van der Waals surface area contributed by atoms with E-state index >= 15 is 0 Å². The minimum atomic E-state index is -0.847. The first-order valence-corrected chi connectivity index (χ1v) is 10.6. The lowest BCUT2D eigenvalue weighted by Crippen LogP contribution is -2.32. The molecule has 2 saturated heterocycles. The summed E-state index contributed by atoms with van der Waals surface area (Å²) in [5.41, 5.74) is 0. The van der Waals surface area contributed by atoms with Gasteiger partial charge in [-0.25, -0.2) is 0 Å². The average molecular weight is 401 g/mol. The second-order valence-corrected chi connectivity index (χ2v) is 8.44. The van der Waals surface area contributed by atoms with Crippen LogP contribution in [0.15, 0.2) is 0 Å². The van der Waals surface area contributed by atoms with Crippen molar-refractivity contribution in [3.63, 3.8) is 0 Å². The van der Waals surface area contributed by atoms with E-state index in [1.807, 2.05) is 20.8 Å². The quantitative estimate of drug-likeness (QED) is 0.544. The fraction of sp³-hybridized carbons (Fsp3) is 0.905. The second kappa shape index (κ2) is 10.6. The molecule has 0 amide bonds. The molecule has 8 atom stereocenters. The highest BCUT2D eigenvalue weighted by Gasteiger charge is 2.36. The van der Waals surface area contributed by atoms with E-state index in [1.54, 1.807) is 6.92 Å². The Labute approximate surface area is 167 Å². The SMILES string of the molecule is CC[C@H](O)C[C@@H]1CC[C@H]([C@H](C)C(=O)O[C@H](C)C[C@@H]2CC[C@H]([C@@H](C)C(=O)O)O2)O1. The molecule has 0 aliphatic carbocycles. The van der Waals surface area contributed by atoms with Crippen molar-refractivity contribution in [2.45, 2.75) is 109 Å². The Hall–Kier alpha value is -1.18. The summed E-state index contributed by atoms with van der Waals surface area (Å²) in [5, 5.41) is 18.9. The maximum atomic E-state index is 12.5. The zero-order chi connectivity index (χ0) is 20.8. The fourth-order valence-corrected chi connectivity index (χ4v) is 4.05. The maximum Gasteiger partial charge on any atom is 0.311 e. The maximum absolute atomic E-state index is 12.5. The number of aliphatic hydroxyl groups is 1. The van der Waals surface area contributed by atoms with Crippen molar-refractivity contribution in [2.75, 3.05) is 0 Å². The average Bonchev–Trinajstić information content (AvgIpc) is 3.29. The number of hydrogen-bond acceptors (Lipinski definition) is 6. The molecule has 0 aromatic heterocycles. The van der Waals surface area contributed by atoms with Gasteiger partial charge < -0.3 is 24.4 Å². The van der Waals surface area contributed by atoms with Crippen molar-refractivity contribution in [3.05, 3.63) is 0 Å². The van der Waals surface area contributed by atoms with E-state index in [9.17, 15) is 14.7 Å². The summed E-state index contributed by atoms with van der Waals surface area (Å²) >= 11 is 0. The summed E-state index contributed by atoms with van der Waals surface area (Å²) in [5.74, 6) is -2.00. The van der Waals surface area contributed by atoms with E-state index in [1.165, 1.54) is 0 Å². The van der Waals surface area contributed by atoms with Gasteiger partial charge in [0.1, 0.15) is 6.10 Å². The summed E-state index contributed by atoms with van der Waals surface area (Å²) in [6.07, 6.45) is 3.88. The number of rotatable bonds is 10. The topological polar surface area (TPSA) is 102 Å². The van der Waals surface area contributed by atoms with Crippen molar-refractivity contribution >= 4 is 11.9 Å². The zero-order valence-corrected chi connectivity index (χ0v) is 17.5. The predicted octanol–water partition coefficient (Wildman–Crippen LogP) is 2.92. The van der Waals surface area contributed by atoms with E-state index in [4.69, 9.17) is 19.3 Å². The number of esters is 1. The lowest BCUT2D eigenvalue weighted by molar-refractivity contribution is -0.159. The van der Waals surface area contributed by atoms with Crippen LogP contribution in [0, 0.1) is 11.8 Å². The number of carbonyl (C=O) groups is 2. The third-order valence-electron chi connectivity index (χ3n) is 6.08. The number of hydrogen-bond donors (Lipinski definition) is 2. The fourth-order valence-electron chi connectivity index (χ4n) is 4.05. The molecule has 0 spiro atoms. The Bertz CT molecular complexity index is 523. The summed E-state index contributed by atoms with van der Waals surface area (Å²) in [7, 11) is 0. The Morgan fingerprint density at radius 3 is 2.04 bits per heavy atom. The highest BCUT2D eigenvalue weighted by molar-refractivity contribution is 5.73. The van der Waals surface area contributed by atoms with Gasteiger partial charge >= 0.3 is 11.9 Å². The molecule has 0 radical (unpaired) electrons. The number of carboxylic acid groups (broad SMARTS) is 1. The Balaban J connectivity index is 1.73. The molecular formula is C21H36O7. The molecular weight excluding hydrogens is 364 g/mol.